The van der Waals surface area contributed by atoms with E-state index in [0.29, 0.717) is 6.10 Å². The van der Waals surface area contributed by atoms with E-state index in [9.17, 15) is 0 Å². The molecule has 0 aromatic rings. The van der Waals surface area contributed by atoms with Crippen LogP contribution in [-0.2, 0) is 4.74 Å². The lowest BCUT2D eigenvalue weighted by Crippen LogP contribution is -2.43. The van der Waals surface area contributed by atoms with Crippen LogP contribution in [0.2, 0.25) is 0 Å². The second-order valence-electron chi connectivity index (χ2n) is 7.34. The van der Waals surface area contributed by atoms with Crippen LogP contribution < -0.4 is 5.32 Å². The largest absolute Gasteiger partial charge is 0.378 e. The van der Waals surface area contributed by atoms with Crippen LogP contribution in [0.1, 0.15) is 66.2 Å². The van der Waals surface area contributed by atoms with E-state index in [1.807, 2.05) is 0 Å². The molecule has 0 heterocycles. The molecule has 2 saturated carbocycles. The second-order valence-corrected chi connectivity index (χ2v) is 7.34. The van der Waals surface area contributed by atoms with E-state index in [2.05, 4.69) is 33.0 Å². The lowest BCUT2D eigenvalue weighted by Gasteiger charge is -2.42. The van der Waals surface area contributed by atoms with Crippen LogP contribution in [0.4, 0.5) is 0 Å². The lowest BCUT2D eigenvalue weighted by atomic mass is 9.69. The monoisotopic (exact) mass is 281 g/mol. The standard InChI is InChI=1S/C18H35NO/c1-5-19-18(12-15-10-17(11-15)20-6-2)16-8-7-13(3)14(4)9-16/h13-19H,5-12H2,1-4H3. The van der Waals surface area contributed by atoms with Crippen LogP contribution in [0.3, 0.4) is 0 Å². The first-order valence-electron chi connectivity index (χ1n) is 8.98. The maximum absolute atomic E-state index is 5.71. The highest BCUT2D eigenvalue weighted by Gasteiger charge is 2.35. The molecule has 2 aliphatic rings. The number of hydrogen-bond acceptors (Lipinski definition) is 2. The molecule has 118 valence electrons. The van der Waals surface area contributed by atoms with E-state index in [1.165, 1.54) is 38.5 Å². The summed E-state index contributed by atoms with van der Waals surface area (Å²) in [5.74, 6) is 3.66. The Morgan fingerprint density at radius 3 is 2.40 bits per heavy atom. The van der Waals surface area contributed by atoms with Gasteiger partial charge in [-0.15, -0.1) is 0 Å². The summed E-state index contributed by atoms with van der Waals surface area (Å²) in [6, 6.07) is 0.752. The fourth-order valence-electron chi connectivity index (χ4n) is 4.26. The highest BCUT2D eigenvalue weighted by atomic mass is 16.5. The summed E-state index contributed by atoms with van der Waals surface area (Å²) in [5.41, 5.74) is 0. The van der Waals surface area contributed by atoms with Gasteiger partial charge in [-0.2, -0.15) is 0 Å². The molecule has 0 saturated heterocycles. The summed E-state index contributed by atoms with van der Waals surface area (Å²) >= 11 is 0. The predicted molar refractivity (Wildman–Crippen MR) is 85.9 cm³/mol. The minimum atomic E-state index is 0.567. The Hall–Kier alpha value is -0.0800. The van der Waals surface area contributed by atoms with Crippen LogP contribution >= 0.6 is 0 Å². The Morgan fingerprint density at radius 1 is 1.05 bits per heavy atom. The average Bonchev–Trinajstić information content (AvgIpc) is 2.38. The SMILES string of the molecule is CCNC(CC1CC(OCC)C1)C1CCC(C)C(C)C1. The third-order valence-electron chi connectivity index (χ3n) is 5.86. The summed E-state index contributed by atoms with van der Waals surface area (Å²) in [6.07, 6.45) is 8.84. The second kappa shape index (κ2) is 7.79. The van der Waals surface area contributed by atoms with Gasteiger partial charge in [-0.3, -0.25) is 0 Å². The quantitative estimate of drug-likeness (QED) is 0.753. The van der Waals surface area contributed by atoms with Crippen LogP contribution in [0.5, 0.6) is 0 Å². The summed E-state index contributed by atoms with van der Waals surface area (Å²) < 4.78 is 5.71. The molecule has 0 radical (unpaired) electrons. The number of rotatable bonds is 7. The Labute approximate surface area is 126 Å². The molecule has 0 bridgehead atoms. The highest BCUT2D eigenvalue weighted by Crippen LogP contribution is 2.40. The van der Waals surface area contributed by atoms with Gasteiger partial charge in [0.15, 0.2) is 0 Å². The maximum Gasteiger partial charge on any atom is 0.0580 e. The Kier molecular flexibility index (Phi) is 6.35. The smallest absolute Gasteiger partial charge is 0.0580 e. The molecule has 2 heteroatoms. The first-order valence-corrected chi connectivity index (χ1v) is 8.98. The van der Waals surface area contributed by atoms with Crippen molar-refractivity contribution in [1.82, 2.24) is 5.32 Å². The van der Waals surface area contributed by atoms with Crippen molar-refractivity contribution >= 4 is 0 Å². The molecule has 4 atom stereocenters. The zero-order valence-corrected chi connectivity index (χ0v) is 14.0. The molecule has 2 rings (SSSR count). The molecule has 4 unspecified atom stereocenters. The van der Waals surface area contributed by atoms with E-state index >= 15 is 0 Å². The van der Waals surface area contributed by atoms with Gasteiger partial charge in [-0.05, 0) is 69.2 Å². The van der Waals surface area contributed by atoms with Crippen molar-refractivity contribution in [3.05, 3.63) is 0 Å². The third-order valence-corrected chi connectivity index (χ3v) is 5.86. The summed E-state index contributed by atoms with van der Waals surface area (Å²) in [6.45, 7) is 11.2. The number of nitrogens with one attached hydrogen (secondary N) is 1. The van der Waals surface area contributed by atoms with Crippen molar-refractivity contribution < 1.29 is 4.74 Å². The zero-order valence-electron chi connectivity index (χ0n) is 14.0. The van der Waals surface area contributed by atoms with Crippen molar-refractivity contribution in [1.29, 1.82) is 0 Å². The van der Waals surface area contributed by atoms with Crippen molar-refractivity contribution in [2.45, 2.75) is 78.4 Å². The third kappa shape index (κ3) is 4.21. The molecule has 0 aromatic heterocycles. The lowest BCUT2D eigenvalue weighted by molar-refractivity contribution is -0.0319. The van der Waals surface area contributed by atoms with Crippen LogP contribution in [0, 0.1) is 23.7 Å². The van der Waals surface area contributed by atoms with Crippen LogP contribution in [0.25, 0.3) is 0 Å². The van der Waals surface area contributed by atoms with Gasteiger partial charge in [-0.1, -0.05) is 27.2 Å². The topological polar surface area (TPSA) is 21.3 Å². The predicted octanol–water partition coefficient (Wildman–Crippen LogP) is 4.24. The van der Waals surface area contributed by atoms with Crippen molar-refractivity contribution in [2.24, 2.45) is 23.7 Å². The van der Waals surface area contributed by atoms with E-state index < -0.39 is 0 Å². The van der Waals surface area contributed by atoms with E-state index in [-0.39, 0.29) is 0 Å². The van der Waals surface area contributed by atoms with Gasteiger partial charge in [0.1, 0.15) is 0 Å². The molecule has 20 heavy (non-hydrogen) atoms. The fourth-order valence-corrected chi connectivity index (χ4v) is 4.26. The molecule has 0 aromatic carbocycles. The van der Waals surface area contributed by atoms with E-state index in [4.69, 9.17) is 4.74 Å². The van der Waals surface area contributed by atoms with Gasteiger partial charge in [0.2, 0.25) is 0 Å². The van der Waals surface area contributed by atoms with Gasteiger partial charge in [0.25, 0.3) is 0 Å². The van der Waals surface area contributed by atoms with Crippen LogP contribution in [-0.4, -0.2) is 25.3 Å². The Morgan fingerprint density at radius 2 is 1.80 bits per heavy atom. The Balaban J connectivity index is 1.79. The first-order chi connectivity index (χ1) is 9.63. The molecule has 2 fully saturated rings. The van der Waals surface area contributed by atoms with Crippen molar-refractivity contribution in [3.8, 4) is 0 Å². The van der Waals surface area contributed by atoms with E-state index in [0.717, 1.165) is 42.9 Å². The molecular formula is C18H35NO. The maximum atomic E-state index is 5.71. The Bertz CT molecular complexity index is 275. The highest BCUT2D eigenvalue weighted by molar-refractivity contribution is 4.89. The summed E-state index contributed by atoms with van der Waals surface area (Å²) in [5, 5.41) is 3.79. The van der Waals surface area contributed by atoms with Gasteiger partial charge >= 0.3 is 0 Å². The molecule has 1 N–H and O–H groups in total. The van der Waals surface area contributed by atoms with Gasteiger partial charge in [0, 0.05) is 12.6 Å². The minimum Gasteiger partial charge on any atom is -0.378 e. The number of hydrogen-bond donors (Lipinski definition) is 1. The molecule has 0 aliphatic heterocycles. The molecular weight excluding hydrogens is 246 g/mol. The molecule has 0 spiro atoms. The summed E-state index contributed by atoms with van der Waals surface area (Å²) in [7, 11) is 0. The van der Waals surface area contributed by atoms with E-state index in [1.54, 1.807) is 0 Å². The number of ether oxygens (including phenoxy) is 1. The van der Waals surface area contributed by atoms with Gasteiger partial charge in [0.05, 0.1) is 6.10 Å². The van der Waals surface area contributed by atoms with Crippen LogP contribution in [0.15, 0.2) is 0 Å². The first kappa shape index (κ1) is 16.3. The fraction of sp³-hybridized carbons (Fsp3) is 1.00. The molecule has 2 nitrogen and oxygen atoms in total. The van der Waals surface area contributed by atoms with Crippen molar-refractivity contribution in [3.63, 3.8) is 0 Å². The van der Waals surface area contributed by atoms with Gasteiger partial charge in [-0.25, -0.2) is 0 Å². The molecule has 2 aliphatic carbocycles. The average molecular weight is 281 g/mol. The summed E-state index contributed by atoms with van der Waals surface area (Å²) in [4.78, 5) is 0. The molecule has 0 amide bonds. The zero-order chi connectivity index (χ0) is 14.5. The van der Waals surface area contributed by atoms with Crippen molar-refractivity contribution in [2.75, 3.05) is 13.2 Å². The van der Waals surface area contributed by atoms with Gasteiger partial charge < -0.3 is 10.1 Å². The normalized spacial score (nSPS) is 39.3. The minimum absolute atomic E-state index is 0.567.